The van der Waals surface area contributed by atoms with Gasteiger partial charge in [-0.05, 0) is 37.5 Å². The van der Waals surface area contributed by atoms with Gasteiger partial charge in [0.1, 0.15) is 0 Å². The average molecular weight is 344 g/mol. The van der Waals surface area contributed by atoms with E-state index < -0.39 is 6.55 Å². The Labute approximate surface area is 144 Å². The van der Waals surface area contributed by atoms with Gasteiger partial charge >= 0.3 is 6.55 Å². The Hall–Kier alpha value is -2.75. The van der Waals surface area contributed by atoms with Gasteiger partial charge in [0.15, 0.2) is 0 Å². The molecule has 1 amide bonds. The number of nitrogens with zero attached hydrogens (tertiary/aromatic N) is 4. The highest BCUT2D eigenvalue weighted by atomic mass is 19.3. The quantitative estimate of drug-likeness (QED) is 0.854. The molecule has 1 aliphatic rings. The topological polar surface area (TPSA) is 61.9 Å². The number of hydrogen-bond acceptors (Lipinski definition) is 3. The van der Waals surface area contributed by atoms with E-state index in [0.29, 0.717) is 47.4 Å². The number of carbonyl (C=O) groups excluding carboxylic acids is 1. The van der Waals surface area contributed by atoms with Crippen LogP contribution < -0.4 is 0 Å². The second-order valence-corrected chi connectivity index (χ2v) is 6.16. The molecule has 0 spiro atoms. The predicted molar refractivity (Wildman–Crippen MR) is 87.9 cm³/mol. The second-order valence-electron chi connectivity index (χ2n) is 6.16. The summed E-state index contributed by atoms with van der Waals surface area (Å²) in [6.07, 6.45) is 2.71. The molecule has 7 heteroatoms. The summed E-state index contributed by atoms with van der Waals surface area (Å²) in [6, 6.07) is 9.14. The summed E-state index contributed by atoms with van der Waals surface area (Å²) in [6.45, 7) is 0.162. The molecule has 0 N–H and O–H groups in total. The first-order chi connectivity index (χ1) is 12.0. The number of aryl methyl sites for hydroxylation is 1. The summed E-state index contributed by atoms with van der Waals surface area (Å²) in [5.41, 5.74) is 2.43. The van der Waals surface area contributed by atoms with Crippen LogP contribution in [0.25, 0.3) is 11.1 Å². The number of carbonyl (C=O) groups is 1. The molecule has 1 aromatic carbocycles. The van der Waals surface area contributed by atoms with Crippen molar-refractivity contribution in [2.45, 2.75) is 26.3 Å². The SMILES string of the molecule is Cc1nn(C(F)F)cc1-c1ccc(C(=O)N2CCC(C#N)CC2)cc1. The highest BCUT2D eigenvalue weighted by Crippen LogP contribution is 2.26. The molecule has 3 rings (SSSR count). The van der Waals surface area contributed by atoms with Gasteiger partial charge in [-0.25, -0.2) is 4.68 Å². The van der Waals surface area contributed by atoms with Gasteiger partial charge < -0.3 is 4.90 Å². The Bertz CT molecular complexity index is 799. The number of rotatable bonds is 3. The van der Waals surface area contributed by atoms with Crippen LogP contribution >= 0.6 is 0 Å². The standard InChI is InChI=1S/C18H18F2N4O/c1-12-16(11-24(22-12)18(19)20)14-2-4-15(5-3-14)17(25)23-8-6-13(10-21)7-9-23/h2-5,11,13,18H,6-9H2,1H3. The van der Waals surface area contributed by atoms with Crippen LogP contribution in [0.4, 0.5) is 8.78 Å². The van der Waals surface area contributed by atoms with Crippen LogP contribution in [-0.2, 0) is 0 Å². The van der Waals surface area contributed by atoms with E-state index in [1.54, 1.807) is 36.1 Å². The summed E-state index contributed by atoms with van der Waals surface area (Å²) in [4.78, 5) is 14.3. The average Bonchev–Trinajstić information content (AvgIpc) is 3.03. The van der Waals surface area contributed by atoms with Gasteiger partial charge in [0.2, 0.25) is 0 Å². The normalized spacial score (nSPS) is 15.4. The van der Waals surface area contributed by atoms with Gasteiger partial charge in [0, 0.05) is 36.3 Å². The van der Waals surface area contributed by atoms with Crippen LogP contribution in [0.5, 0.6) is 0 Å². The molecule has 5 nitrogen and oxygen atoms in total. The molecular formula is C18H18F2N4O. The van der Waals surface area contributed by atoms with Crippen LogP contribution in [0.2, 0.25) is 0 Å². The van der Waals surface area contributed by atoms with Gasteiger partial charge in [0.05, 0.1) is 11.8 Å². The number of amides is 1. The highest BCUT2D eigenvalue weighted by Gasteiger charge is 2.23. The predicted octanol–water partition coefficient (Wildman–Crippen LogP) is 3.63. The lowest BCUT2D eigenvalue weighted by Crippen LogP contribution is -2.38. The van der Waals surface area contributed by atoms with E-state index in [1.807, 2.05) is 0 Å². The Morgan fingerprint density at radius 3 is 2.44 bits per heavy atom. The maximum atomic E-state index is 12.7. The molecule has 0 saturated carbocycles. The summed E-state index contributed by atoms with van der Waals surface area (Å²) in [5.74, 6) is -0.0382. The van der Waals surface area contributed by atoms with Gasteiger partial charge in [-0.2, -0.15) is 19.1 Å². The zero-order valence-corrected chi connectivity index (χ0v) is 13.8. The molecule has 130 valence electrons. The largest absolute Gasteiger partial charge is 0.339 e. The van der Waals surface area contributed by atoms with Crippen LogP contribution in [-0.4, -0.2) is 33.7 Å². The summed E-state index contributed by atoms with van der Waals surface area (Å²) >= 11 is 0. The molecule has 1 aromatic heterocycles. The van der Waals surface area contributed by atoms with Crippen molar-refractivity contribution in [2.24, 2.45) is 5.92 Å². The Morgan fingerprint density at radius 2 is 1.92 bits per heavy atom. The third-order valence-electron chi connectivity index (χ3n) is 4.52. The Morgan fingerprint density at radius 1 is 1.28 bits per heavy atom. The minimum absolute atomic E-state index is 0.0285. The molecule has 0 bridgehead atoms. The van der Waals surface area contributed by atoms with Crippen LogP contribution in [0.1, 0.15) is 35.4 Å². The van der Waals surface area contributed by atoms with Crippen molar-refractivity contribution in [3.63, 3.8) is 0 Å². The number of likely N-dealkylation sites (tertiary alicyclic amines) is 1. The first kappa shape index (κ1) is 17.1. The number of halogens is 2. The zero-order chi connectivity index (χ0) is 18.0. The second kappa shape index (κ2) is 7.01. The fourth-order valence-electron chi connectivity index (χ4n) is 3.05. The zero-order valence-electron chi connectivity index (χ0n) is 13.8. The minimum Gasteiger partial charge on any atom is -0.339 e. The van der Waals surface area contributed by atoms with Crippen molar-refractivity contribution in [3.05, 3.63) is 41.7 Å². The molecule has 1 saturated heterocycles. The molecule has 0 aliphatic carbocycles. The van der Waals surface area contributed by atoms with E-state index in [1.165, 1.54) is 6.20 Å². The number of alkyl halides is 2. The highest BCUT2D eigenvalue weighted by molar-refractivity contribution is 5.94. The summed E-state index contributed by atoms with van der Waals surface area (Å²) < 4.78 is 26.1. The number of nitriles is 1. The molecule has 0 radical (unpaired) electrons. The first-order valence-electron chi connectivity index (χ1n) is 8.13. The molecule has 0 unspecified atom stereocenters. The van der Waals surface area contributed by atoms with E-state index in [0.717, 1.165) is 5.56 Å². The van der Waals surface area contributed by atoms with Gasteiger partial charge in [-0.15, -0.1) is 0 Å². The molecule has 1 aliphatic heterocycles. The lowest BCUT2D eigenvalue weighted by Gasteiger charge is -2.29. The lowest BCUT2D eigenvalue weighted by molar-refractivity contribution is 0.0563. The van der Waals surface area contributed by atoms with Crippen molar-refractivity contribution in [1.82, 2.24) is 14.7 Å². The van der Waals surface area contributed by atoms with E-state index >= 15 is 0 Å². The maximum absolute atomic E-state index is 12.7. The minimum atomic E-state index is -2.68. The van der Waals surface area contributed by atoms with Crippen molar-refractivity contribution in [1.29, 1.82) is 5.26 Å². The first-order valence-corrected chi connectivity index (χ1v) is 8.13. The molecule has 1 fully saturated rings. The van der Waals surface area contributed by atoms with Crippen molar-refractivity contribution in [3.8, 4) is 17.2 Å². The van der Waals surface area contributed by atoms with Gasteiger partial charge in [-0.3, -0.25) is 4.79 Å². The Kier molecular flexibility index (Phi) is 4.79. The van der Waals surface area contributed by atoms with E-state index in [2.05, 4.69) is 11.2 Å². The summed E-state index contributed by atoms with van der Waals surface area (Å²) in [7, 11) is 0. The number of benzene rings is 1. The Balaban J connectivity index is 1.74. The third kappa shape index (κ3) is 3.53. The smallest absolute Gasteiger partial charge is 0.333 e. The molecule has 2 aromatic rings. The van der Waals surface area contributed by atoms with Crippen LogP contribution in [0.15, 0.2) is 30.5 Å². The maximum Gasteiger partial charge on any atom is 0.333 e. The lowest BCUT2D eigenvalue weighted by atomic mass is 9.97. The van der Waals surface area contributed by atoms with Gasteiger partial charge in [0.25, 0.3) is 5.91 Å². The van der Waals surface area contributed by atoms with Crippen molar-refractivity contribution < 1.29 is 13.6 Å². The molecule has 2 heterocycles. The number of aromatic nitrogens is 2. The third-order valence-corrected chi connectivity index (χ3v) is 4.52. The van der Waals surface area contributed by atoms with Gasteiger partial charge in [-0.1, -0.05) is 12.1 Å². The van der Waals surface area contributed by atoms with Crippen LogP contribution in [0, 0.1) is 24.2 Å². The fraction of sp³-hybridized carbons (Fsp3) is 0.389. The number of hydrogen-bond donors (Lipinski definition) is 0. The van der Waals surface area contributed by atoms with E-state index in [4.69, 9.17) is 5.26 Å². The van der Waals surface area contributed by atoms with Crippen molar-refractivity contribution >= 4 is 5.91 Å². The monoisotopic (exact) mass is 344 g/mol. The van der Waals surface area contributed by atoms with Crippen LogP contribution in [0.3, 0.4) is 0 Å². The fourth-order valence-corrected chi connectivity index (χ4v) is 3.05. The summed E-state index contributed by atoms with van der Waals surface area (Å²) in [5, 5.41) is 12.7. The van der Waals surface area contributed by atoms with E-state index in [9.17, 15) is 13.6 Å². The van der Waals surface area contributed by atoms with E-state index in [-0.39, 0.29) is 11.8 Å². The molecule has 0 atom stereocenters. The molecule has 25 heavy (non-hydrogen) atoms. The molecular weight excluding hydrogens is 326 g/mol. The van der Waals surface area contributed by atoms with Crippen molar-refractivity contribution in [2.75, 3.05) is 13.1 Å². The number of piperidine rings is 1.